The van der Waals surface area contributed by atoms with Gasteiger partial charge in [0.1, 0.15) is 11.5 Å². The van der Waals surface area contributed by atoms with Crippen LogP contribution < -0.4 is 10.1 Å². The molecule has 1 atom stereocenters. The minimum absolute atomic E-state index is 0.127. The predicted octanol–water partition coefficient (Wildman–Crippen LogP) is 3.09. The Labute approximate surface area is 130 Å². The fourth-order valence-electron chi connectivity index (χ4n) is 1.68. The maximum atomic E-state index is 12.1. The van der Waals surface area contributed by atoms with Crippen molar-refractivity contribution in [2.45, 2.75) is 4.90 Å². The second kappa shape index (κ2) is 7.24. The third kappa shape index (κ3) is 4.31. The van der Waals surface area contributed by atoms with Crippen molar-refractivity contribution < 1.29 is 13.7 Å². The van der Waals surface area contributed by atoms with Gasteiger partial charge >= 0.3 is 0 Å². The number of hydrogen-bond acceptors (Lipinski definition) is 3. The van der Waals surface area contributed by atoms with Gasteiger partial charge in [-0.05, 0) is 36.4 Å². The van der Waals surface area contributed by atoms with Crippen molar-refractivity contribution in [3.8, 4) is 5.75 Å². The van der Waals surface area contributed by atoms with Crippen LogP contribution in [0.4, 0.5) is 5.69 Å². The van der Waals surface area contributed by atoms with Crippen molar-refractivity contribution in [2.24, 2.45) is 0 Å². The molecule has 0 aliphatic carbocycles. The van der Waals surface area contributed by atoms with Crippen molar-refractivity contribution >= 4 is 34.0 Å². The second-order valence-electron chi connectivity index (χ2n) is 4.19. The fourth-order valence-corrected chi connectivity index (χ4v) is 2.78. The van der Waals surface area contributed by atoms with Crippen LogP contribution in [0.5, 0.6) is 5.75 Å². The Morgan fingerprint density at radius 3 is 2.48 bits per heavy atom. The van der Waals surface area contributed by atoms with Gasteiger partial charge in [-0.2, -0.15) is 0 Å². The van der Waals surface area contributed by atoms with E-state index >= 15 is 0 Å². The Morgan fingerprint density at radius 1 is 1.19 bits per heavy atom. The number of rotatable bonds is 5. The summed E-state index contributed by atoms with van der Waals surface area (Å²) in [6, 6.07) is 13.7. The average molecular weight is 324 g/mol. The minimum Gasteiger partial charge on any atom is -0.497 e. The SMILES string of the molecule is COc1ccc([S@](=O)CC(=O)Nc2ccccc2Cl)cc1. The van der Waals surface area contributed by atoms with E-state index in [9.17, 15) is 9.00 Å². The van der Waals surface area contributed by atoms with Gasteiger partial charge in [-0.25, -0.2) is 0 Å². The molecule has 0 saturated carbocycles. The number of amides is 1. The minimum atomic E-state index is -1.41. The van der Waals surface area contributed by atoms with Crippen LogP contribution in [0.1, 0.15) is 0 Å². The maximum absolute atomic E-state index is 12.1. The van der Waals surface area contributed by atoms with E-state index in [0.717, 1.165) is 0 Å². The van der Waals surface area contributed by atoms with E-state index in [2.05, 4.69) is 5.32 Å². The first-order chi connectivity index (χ1) is 10.1. The Bertz CT molecular complexity index is 658. The van der Waals surface area contributed by atoms with Gasteiger partial charge in [0.15, 0.2) is 0 Å². The molecule has 0 unspecified atom stereocenters. The molecule has 0 radical (unpaired) electrons. The lowest BCUT2D eigenvalue weighted by Crippen LogP contribution is -2.19. The van der Waals surface area contributed by atoms with E-state index in [4.69, 9.17) is 16.3 Å². The normalized spacial score (nSPS) is 11.7. The summed E-state index contributed by atoms with van der Waals surface area (Å²) in [5, 5.41) is 3.09. The lowest BCUT2D eigenvalue weighted by molar-refractivity contribution is -0.113. The summed E-state index contributed by atoms with van der Waals surface area (Å²) >= 11 is 5.95. The first-order valence-corrected chi connectivity index (χ1v) is 7.86. The van der Waals surface area contributed by atoms with E-state index in [-0.39, 0.29) is 11.7 Å². The zero-order valence-electron chi connectivity index (χ0n) is 11.3. The van der Waals surface area contributed by atoms with Crippen molar-refractivity contribution in [1.29, 1.82) is 0 Å². The summed E-state index contributed by atoms with van der Waals surface area (Å²) in [7, 11) is 0.144. The molecule has 0 fully saturated rings. The number of anilines is 1. The predicted molar refractivity (Wildman–Crippen MR) is 84.4 cm³/mol. The van der Waals surface area contributed by atoms with Crippen LogP contribution in [-0.2, 0) is 15.6 Å². The Morgan fingerprint density at radius 2 is 1.86 bits per heavy atom. The first kappa shape index (κ1) is 15.5. The third-order valence-corrected chi connectivity index (χ3v) is 4.38. The summed E-state index contributed by atoms with van der Waals surface area (Å²) in [6.45, 7) is 0. The molecule has 4 nitrogen and oxygen atoms in total. The number of methoxy groups -OCH3 is 1. The molecule has 0 saturated heterocycles. The van der Waals surface area contributed by atoms with Gasteiger partial charge in [0.05, 0.1) is 28.6 Å². The van der Waals surface area contributed by atoms with E-state index in [1.54, 1.807) is 55.6 Å². The van der Waals surface area contributed by atoms with E-state index in [0.29, 0.717) is 21.4 Å². The second-order valence-corrected chi connectivity index (χ2v) is 6.05. The van der Waals surface area contributed by atoms with Gasteiger partial charge in [0, 0.05) is 4.90 Å². The molecule has 1 amide bonds. The molecule has 0 aromatic heterocycles. The molecule has 0 bridgehead atoms. The van der Waals surface area contributed by atoms with Crippen LogP contribution in [0.15, 0.2) is 53.4 Å². The Balaban J connectivity index is 1.98. The lowest BCUT2D eigenvalue weighted by Gasteiger charge is -2.07. The molecule has 0 heterocycles. The number of carbonyl (C=O) groups is 1. The monoisotopic (exact) mass is 323 g/mol. The summed E-state index contributed by atoms with van der Waals surface area (Å²) in [4.78, 5) is 12.5. The highest BCUT2D eigenvalue weighted by Gasteiger charge is 2.11. The number of halogens is 1. The molecule has 2 aromatic rings. The first-order valence-electron chi connectivity index (χ1n) is 6.17. The number of benzene rings is 2. The molecule has 1 N–H and O–H groups in total. The Kier molecular flexibility index (Phi) is 5.36. The quantitative estimate of drug-likeness (QED) is 0.920. The van der Waals surface area contributed by atoms with Gasteiger partial charge in [0.2, 0.25) is 5.91 Å². The number of nitrogens with one attached hydrogen (secondary N) is 1. The molecule has 0 aliphatic heterocycles. The summed E-state index contributed by atoms with van der Waals surface area (Å²) in [6.07, 6.45) is 0. The fraction of sp³-hybridized carbons (Fsp3) is 0.133. The summed E-state index contributed by atoms with van der Waals surface area (Å²) < 4.78 is 17.1. The maximum Gasteiger partial charge on any atom is 0.237 e. The van der Waals surface area contributed by atoms with Crippen molar-refractivity contribution in [1.82, 2.24) is 0 Å². The smallest absolute Gasteiger partial charge is 0.237 e. The largest absolute Gasteiger partial charge is 0.497 e. The van der Waals surface area contributed by atoms with Crippen molar-refractivity contribution in [2.75, 3.05) is 18.2 Å². The lowest BCUT2D eigenvalue weighted by atomic mass is 10.3. The molecule has 6 heteroatoms. The highest BCUT2D eigenvalue weighted by atomic mass is 35.5. The van der Waals surface area contributed by atoms with Crippen LogP contribution >= 0.6 is 11.6 Å². The zero-order chi connectivity index (χ0) is 15.2. The van der Waals surface area contributed by atoms with Crippen molar-refractivity contribution in [3.63, 3.8) is 0 Å². The summed E-state index contributed by atoms with van der Waals surface area (Å²) in [5.41, 5.74) is 0.510. The van der Waals surface area contributed by atoms with Crippen LogP contribution in [0.2, 0.25) is 5.02 Å². The van der Waals surface area contributed by atoms with Crippen molar-refractivity contribution in [3.05, 3.63) is 53.6 Å². The van der Waals surface area contributed by atoms with Gasteiger partial charge in [-0.3, -0.25) is 9.00 Å². The molecular weight excluding hydrogens is 310 g/mol. The van der Waals surface area contributed by atoms with Gasteiger partial charge in [-0.1, -0.05) is 23.7 Å². The number of para-hydroxylation sites is 1. The third-order valence-electron chi connectivity index (χ3n) is 2.73. The van der Waals surface area contributed by atoms with E-state index in [1.165, 1.54) is 0 Å². The Hall–Kier alpha value is -1.85. The average Bonchev–Trinajstić information content (AvgIpc) is 2.49. The van der Waals surface area contributed by atoms with E-state index in [1.807, 2.05) is 0 Å². The zero-order valence-corrected chi connectivity index (χ0v) is 12.9. The number of ether oxygens (including phenoxy) is 1. The van der Waals surface area contributed by atoms with Gasteiger partial charge < -0.3 is 10.1 Å². The highest BCUT2D eigenvalue weighted by Crippen LogP contribution is 2.20. The molecule has 2 aromatic carbocycles. The summed E-state index contributed by atoms with van der Waals surface area (Å²) in [5.74, 6) is 0.200. The van der Waals surface area contributed by atoms with Gasteiger partial charge in [-0.15, -0.1) is 0 Å². The van der Waals surface area contributed by atoms with Crippen LogP contribution in [-0.4, -0.2) is 23.0 Å². The molecule has 110 valence electrons. The highest BCUT2D eigenvalue weighted by molar-refractivity contribution is 7.85. The van der Waals surface area contributed by atoms with Crippen LogP contribution in [0, 0.1) is 0 Å². The molecule has 21 heavy (non-hydrogen) atoms. The standard InChI is InChI=1S/C15H14ClNO3S/c1-20-11-6-8-12(9-7-11)21(19)10-15(18)17-14-5-3-2-4-13(14)16/h2-9H,10H2,1H3,(H,17,18)/t21-/m1/s1. The number of carbonyl (C=O) groups excluding carboxylic acids is 1. The molecule has 0 spiro atoms. The van der Waals surface area contributed by atoms with Crippen LogP contribution in [0.25, 0.3) is 0 Å². The molecule has 0 aliphatic rings. The number of hydrogen-bond donors (Lipinski definition) is 1. The molecular formula is C15H14ClNO3S. The molecule has 2 rings (SSSR count). The topological polar surface area (TPSA) is 55.4 Å². The van der Waals surface area contributed by atoms with E-state index < -0.39 is 10.8 Å². The van der Waals surface area contributed by atoms with Gasteiger partial charge in [0.25, 0.3) is 0 Å². The van der Waals surface area contributed by atoms with Crippen LogP contribution in [0.3, 0.4) is 0 Å².